The molecule has 1 saturated heterocycles. The summed E-state index contributed by atoms with van der Waals surface area (Å²) < 4.78 is 11.0. The Bertz CT molecular complexity index is 898. The predicted octanol–water partition coefficient (Wildman–Crippen LogP) is 2.65. The Kier molecular flexibility index (Phi) is 6.82. The monoisotopic (exact) mass is 412 g/mol. The van der Waals surface area contributed by atoms with Crippen LogP contribution in [-0.2, 0) is 22.6 Å². The molecule has 1 fully saturated rings. The fourth-order valence-electron chi connectivity index (χ4n) is 3.52. The third-order valence-electron chi connectivity index (χ3n) is 5.00. The molecule has 0 aromatic heterocycles. The van der Waals surface area contributed by atoms with Crippen LogP contribution in [0.25, 0.3) is 0 Å². The number of ether oxygens (including phenoxy) is 2. The first-order chi connectivity index (χ1) is 14.4. The zero-order valence-corrected chi connectivity index (χ0v) is 17.6. The van der Waals surface area contributed by atoms with Crippen LogP contribution in [0.15, 0.2) is 42.5 Å². The lowest BCUT2D eigenvalue weighted by molar-refractivity contribution is -0.138. The summed E-state index contributed by atoms with van der Waals surface area (Å²) in [7, 11) is 1.50. The second-order valence-corrected chi connectivity index (χ2v) is 7.54. The molecular weight excluding hydrogens is 384 g/mol. The van der Waals surface area contributed by atoms with Crippen molar-refractivity contribution in [2.45, 2.75) is 45.4 Å². The van der Waals surface area contributed by atoms with Crippen LogP contribution < -0.4 is 14.8 Å². The molecule has 30 heavy (non-hydrogen) atoms. The van der Waals surface area contributed by atoms with E-state index >= 15 is 0 Å². The van der Waals surface area contributed by atoms with E-state index in [0.29, 0.717) is 24.3 Å². The van der Waals surface area contributed by atoms with E-state index < -0.39 is 6.04 Å². The van der Waals surface area contributed by atoms with E-state index in [9.17, 15) is 14.7 Å². The summed E-state index contributed by atoms with van der Waals surface area (Å²) in [5.41, 5.74) is 1.45. The summed E-state index contributed by atoms with van der Waals surface area (Å²) in [5, 5.41) is 13.7. The van der Waals surface area contributed by atoms with Gasteiger partial charge in [-0.25, -0.2) is 0 Å². The first kappa shape index (κ1) is 21.5. The van der Waals surface area contributed by atoms with Gasteiger partial charge in [0.15, 0.2) is 11.5 Å². The molecule has 0 unspecified atom stereocenters. The molecule has 1 aliphatic rings. The van der Waals surface area contributed by atoms with Crippen LogP contribution in [0, 0.1) is 0 Å². The fourth-order valence-corrected chi connectivity index (χ4v) is 3.52. The highest BCUT2D eigenvalue weighted by molar-refractivity contribution is 5.90. The van der Waals surface area contributed by atoms with Crippen molar-refractivity contribution in [3.05, 3.63) is 53.6 Å². The second-order valence-electron chi connectivity index (χ2n) is 7.54. The smallest absolute Gasteiger partial charge is 0.243 e. The van der Waals surface area contributed by atoms with Gasteiger partial charge in [0.2, 0.25) is 17.6 Å². The van der Waals surface area contributed by atoms with Gasteiger partial charge in [-0.2, -0.15) is 0 Å². The van der Waals surface area contributed by atoms with Crippen molar-refractivity contribution in [2.75, 3.05) is 13.7 Å². The molecule has 2 aromatic carbocycles. The third kappa shape index (κ3) is 4.84. The van der Waals surface area contributed by atoms with Gasteiger partial charge < -0.3 is 24.8 Å². The van der Waals surface area contributed by atoms with Crippen LogP contribution in [0.4, 0.5) is 0 Å². The van der Waals surface area contributed by atoms with E-state index in [1.165, 1.54) is 12.0 Å². The van der Waals surface area contributed by atoms with Gasteiger partial charge in [-0.15, -0.1) is 0 Å². The minimum absolute atomic E-state index is 0.0843. The third-order valence-corrected chi connectivity index (χ3v) is 5.00. The van der Waals surface area contributed by atoms with Crippen LogP contribution in [-0.4, -0.2) is 47.6 Å². The molecule has 2 N–H and O–H groups in total. The number of hydrogen-bond donors (Lipinski definition) is 2. The van der Waals surface area contributed by atoms with Crippen molar-refractivity contribution in [1.29, 1.82) is 0 Å². The molecule has 3 rings (SSSR count). The molecule has 1 atom stereocenters. The Morgan fingerprint density at radius 3 is 2.57 bits per heavy atom. The van der Waals surface area contributed by atoms with Crippen molar-refractivity contribution >= 4 is 11.8 Å². The van der Waals surface area contributed by atoms with Crippen LogP contribution in [0.5, 0.6) is 17.2 Å². The molecular formula is C23H28N2O5. The van der Waals surface area contributed by atoms with Gasteiger partial charge in [-0.1, -0.05) is 30.3 Å². The summed E-state index contributed by atoms with van der Waals surface area (Å²) in [5.74, 6) is 0.216. The summed E-state index contributed by atoms with van der Waals surface area (Å²) in [6.45, 7) is 4.10. The number of phenolic OH excluding ortho intramolecular Hbond substituents is 1. The lowest BCUT2D eigenvalue weighted by Crippen LogP contribution is -2.47. The second kappa shape index (κ2) is 9.52. The molecule has 7 heteroatoms. The Labute approximate surface area is 176 Å². The number of rotatable bonds is 7. The van der Waals surface area contributed by atoms with Gasteiger partial charge in [-0.3, -0.25) is 9.59 Å². The minimum atomic E-state index is -0.668. The Hall–Kier alpha value is -3.22. The molecule has 160 valence electrons. The number of carbonyl (C=O) groups excluding carboxylic acids is 2. The van der Waals surface area contributed by atoms with Gasteiger partial charge in [0.05, 0.1) is 19.8 Å². The number of methoxy groups -OCH3 is 1. The highest BCUT2D eigenvalue weighted by Gasteiger charge is 2.33. The normalized spacial score (nSPS) is 16.9. The number of aromatic hydroxyl groups is 1. The summed E-state index contributed by atoms with van der Waals surface area (Å²) in [4.78, 5) is 27.1. The SMILES string of the molecule is COc1ccc(CN2C(=O)CCNC(=O)[C@@H]2Cc2ccccc2)c(O)c1OC(C)C. The molecule has 2 amide bonds. The number of hydrogen-bond acceptors (Lipinski definition) is 5. The Morgan fingerprint density at radius 1 is 1.17 bits per heavy atom. The average Bonchev–Trinajstić information content (AvgIpc) is 2.85. The maximum Gasteiger partial charge on any atom is 0.243 e. The molecule has 1 heterocycles. The number of phenols is 1. The number of benzene rings is 2. The first-order valence-electron chi connectivity index (χ1n) is 10.1. The number of nitrogens with one attached hydrogen (secondary N) is 1. The van der Waals surface area contributed by atoms with Gasteiger partial charge in [0, 0.05) is 24.9 Å². The van der Waals surface area contributed by atoms with Gasteiger partial charge in [-0.05, 0) is 31.5 Å². The van der Waals surface area contributed by atoms with Gasteiger partial charge >= 0.3 is 0 Å². The topological polar surface area (TPSA) is 88.1 Å². The molecule has 0 radical (unpaired) electrons. The van der Waals surface area contributed by atoms with Crippen LogP contribution in [0.2, 0.25) is 0 Å². The fraction of sp³-hybridized carbons (Fsp3) is 0.391. The molecule has 0 bridgehead atoms. The van der Waals surface area contributed by atoms with Crippen LogP contribution in [0.1, 0.15) is 31.4 Å². The van der Waals surface area contributed by atoms with E-state index in [1.807, 2.05) is 44.2 Å². The number of amides is 2. The molecule has 0 saturated carbocycles. The lowest BCUT2D eigenvalue weighted by Gasteiger charge is -2.29. The van der Waals surface area contributed by atoms with Crippen molar-refractivity contribution in [3.63, 3.8) is 0 Å². The maximum absolute atomic E-state index is 12.9. The van der Waals surface area contributed by atoms with Crippen molar-refractivity contribution in [3.8, 4) is 17.2 Å². The minimum Gasteiger partial charge on any atom is -0.504 e. The van der Waals surface area contributed by atoms with Crippen molar-refractivity contribution in [2.24, 2.45) is 0 Å². The molecule has 0 spiro atoms. The van der Waals surface area contributed by atoms with Gasteiger partial charge in [0.25, 0.3) is 0 Å². The van der Waals surface area contributed by atoms with E-state index in [-0.39, 0.29) is 42.4 Å². The molecule has 7 nitrogen and oxygen atoms in total. The van der Waals surface area contributed by atoms with Crippen molar-refractivity contribution < 1.29 is 24.2 Å². The standard InChI is InChI=1S/C23H28N2O5/c1-15(2)30-22-19(29-3)10-9-17(21(22)27)14-25-18(13-16-7-5-4-6-8-16)23(28)24-12-11-20(25)26/h4-10,15,18,27H,11-14H2,1-3H3,(H,24,28)/t18-/m0/s1. The molecule has 2 aromatic rings. The lowest BCUT2D eigenvalue weighted by atomic mass is 10.0. The Balaban J connectivity index is 1.94. The highest BCUT2D eigenvalue weighted by Crippen LogP contribution is 2.40. The van der Waals surface area contributed by atoms with E-state index in [4.69, 9.17) is 9.47 Å². The predicted molar refractivity (Wildman–Crippen MR) is 113 cm³/mol. The van der Waals surface area contributed by atoms with Crippen LogP contribution in [0.3, 0.4) is 0 Å². The maximum atomic E-state index is 12.9. The van der Waals surface area contributed by atoms with Crippen LogP contribution >= 0.6 is 0 Å². The zero-order chi connectivity index (χ0) is 21.7. The molecule has 0 aliphatic carbocycles. The summed E-state index contributed by atoms with van der Waals surface area (Å²) in [6.07, 6.45) is 0.435. The zero-order valence-electron chi connectivity index (χ0n) is 17.6. The first-order valence-corrected chi connectivity index (χ1v) is 10.1. The average molecular weight is 412 g/mol. The number of carbonyl (C=O) groups is 2. The van der Waals surface area contributed by atoms with Gasteiger partial charge in [0.1, 0.15) is 6.04 Å². The summed E-state index contributed by atoms with van der Waals surface area (Å²) >= 11 is 0. The largest absolute Gasteiger partial charge is 0.504 e. The van der Waals surface area contributed by atoms with Crippen molar-refractivity contribution in [1.82, 2.24) is 10.2 Å². The van der Waals surface area contributed by atoms with E-state index in [0.717, 1.165) is 5.56 Å². The summed E-state index contributed by atoms with van der Waals surface area (Å²) in [6, 6.07) is 12.3. The van der Waals surface area contributed by atoms with E-state index in [1.54, 1.807) is 12.1 Å². The molecule has 1 aliphatic heterocycles. The highest BCUT2D eigenvalue weighted by atomic mass is 16.5. The van der Waals surface area contributed by atoms with E-state index in [2.05, 4.69) is 5.32 Å². The number of nitrogens with zero attached hydrogens (tertiary/aromatic N) is 1. The Morgan fingerprint density at radius 2 is 1.90 bits per heavy atom. The quantitative estimate of drug-likeness (QED) is 0.730.